The van der Waals surface area contributed by atoms with Crippen LogP contribution in [0.15, 0.2) is 48.7 Å². The maximum atomic E-state index is 13.2. The number of rotatable bonds is 5. The zero-order valence-corrected chi connectivity index (χ0v) is 20.5. The highest BCUT2D eigenvalue weighted by atomic mass is 16.7. The maximum absolute atomic E-state index is 13.2. The second kappa shape index (κ2) is 9.55. The number of amides is 1. The lowest BCUT2D eigenvalue weighted by atomic mass is 9.94. The van der Waals surface area contributed by atoms with Crippen molar-refractivity contribution in [2.75, 3.05) is 46.1 Å². The number of aryl methyl sites for hydroxylation is 1. The lowest BCUT2D eigenvalue weighted by molar-refractivity contribution is -0.139. The molecule has 6 rings (SSSR count). The molecule has 7 nitrogen and oxygen atoms in total. The maximum Gasteiger partial charge on any atom is 0.231 e. The van der Waals surface area contributed by atoms with Crippen LogP contribution in [0.1, 0.15) is 24.0 Å². The normalized spacial score (nSPS) is 19.5. The van der Waals surface area contributed by atoms with E-state index in [-0.39, 0.29) is 5.92 Å². The number of piperazine rings is 1. The fourth-order valence-corrected chi connectivity index (χ4v) is 5.81. The first-order chi connectivity index (χ1) is 17.1. The fraction of sp³-hybridized carbons (Fsp3) is 0.464. The molecule has 35 heavy (non-hydrogen) atoms. The van der Waals surface area contributed by atoms with Gasteiger partial charge in [0.1, 0.15) is 0 Å². The summed E-state index contributed by atoms with van der Waals surface area (Å²) in [5.74, 6) is 2.19. The summed E-state index contributed by atoms with van der Waals surface area (Å²) in [5.41, 5.74) is 3.89. The molecule has 0 bridgehead atoms. The molecule has 2 saturated heterocycles. The average molecular weight is 475 g/mol. The first kappa shape index (κ1) is 22.4. The van der Waals surface area contributed by atoms with Crippen molar-refractivity contribution < 1.29 is 14.3 Å². The van der Waals surface area contributed by atoms with Gasteiger partial charge in [0.25, 0.3) is 0 Å². The lowest BCUT2D eigenvalue weighted by Gasteiger charge is -2.38. The van der Waals surface area contributed by atoms with Crippen LogP contribution >= 0.6 is 0 Å². The second-order valence-electron chi connectivity index (χ2n) is 10.1. The van der Waals surface area contributed by atoms with E-state index in [9.17, 15) is 4.79 Å². The van der Waals surface area contributed by atoms with Gasteiger partial charge in [-0.1, -0.05) is 24.3 Å². The number of piperidine rings is 1. The first-order valence-electron chi connectivity index (χ1n) is 12.8. The molecule has 0 atom stereocenters. The monoisotopic (exact) mass is 474 g/mol. The van der Waals surface area contributed by atoms with Crippen LogP contribution in [0.3, 0.4) is 0 Å². The van der Waals surface area contributed by atoms with Gasteiger partial charge in [-0.25, -0.2) is 0 Å². The molecular weight excluding hydrogens is 440 g/mol. The van der Waals surface area contributed by atoms with Gasteiger partial charge in [0.05, 0.1) is 0 Å². The third-order valence-corrected chi connectivity index (χ3v) is 7.84. The minimum Gasteiger partial charge on any atom is -0.454 e. The molecule has 1 amide bonds. The number of para-hydroxylation sites is 1. The highest BCUT2D eigenvalue weighted by Crippen LogP contribution is 2.33. The molecule has 0 N–H and O–H groups in total. The Balaban J connectivity index is 0.979. The number of carbonyl (C=O) groups is 1. The lowest BCUT2D eigenvalue weighted by Crippen LogP contribution is -2.51. The van der Waals surface area contributed by atoms with E-state index in [1.807, 2.05) is 6.07 Å². The number of carbonyl (C=O) groups excluding carboxylic acids is 1. The Hall–Kier alpha value is -3.03. The Kier molecular flexibility index (Phi) is 6.12. The van der Waals surface area contributed by atoms with Crippen molar-refractivity contribution in [2.24, 2.45) is 13.0 Å². The number of ether oxygens (including phenoxy) is 2. The van der Waals surface area contributed by atoms with E-state index in [1.54, 1.807) is 0 Å². The predicted molar refractivity (Wildman–Crippen MR) is 135 cm³/mol. The minimum atomic E-state index is 0.166. The van der Waals surface area contributed by atoms with Crippen molar-refractivity contribution in [2.45, 2.75) is 25.9 Å². The van der Waals surface area contributed by atoms with Crippen LogP contribution in [0.4, 0.5) is 0 Å². The molecule has 0 aliphatic carbocycles. The molecule has 0 radical (unpaired) electrons. The summed E-state index contributed by atoms with van der Waals surface area (Å²) in [6.45, 7) is 7.60. The van der Waals surface area contributed by atoms with Crippen molar-refractivity contribution in [3.05, 3.63) is 59.8 Å². The number of nitrogens with zero attached hydrogens (tertiary/aromatic N) is 4. The molecule has 3 aromatic rings. The smallest absolute Gasteiger partial charge is 0.231 e. The predicted octanol–water partition coefficient (Wildman–Crippen LogP) is 3.46. The molecule has 0 saturated carbocycles. The van der Waals surface area contributed by atoms with Crippen LogP contribution in [0.5, 0.6) is 11.5 Å². The molecule has 0 spiro atoms. The van der Waals surface area contributed by atoms with E-state index in [4.69, 9.17) is 9.47 Å². The number of hydrogen-bond donors (Lipinski definition) is 0. The SMILES string of the molecule is Cn1cc(CN2CCC(C(=O)N3CCN(Cc4ccc5c(c4)OCO5)CC3)CC2)c2ccccc21. The highest BCUT2D eigenvalue weighted by molar-refractivity contribution is 5.83. The Labute approximate surface area is 206 Å². The van der Waals surface area contributed by atoms with E-state index in [1.165, 1.54) is 22.0 Å². The van der Waals surface area contributed by atoms with Crippen molar-refractivity contribution in [3.8, 4) is 11.5 Å². The molecule has 1 aromatic heterocycles. The van der Waals surface area contributed by atoms with Gasteiger partial charge in [0, 0.05) is 69.3 Å². The number of likely N-dealkylation sites (tertiary alicyclic amines) is 1. The summed E-state index contributed by atoms with van der Waals surface area (Å²) in [4.78, 5) is 20.3. The Bertz CT molecular complexity index is 1210. The van der Waals surface area contributed by atoms with E-state index in [2.05, 4.69) is 68.9 Å². The van der Waals surface area contributed by atoms with Gasteiger partial charge in [-0.15, -0.1) is 0 Å². The van der Waals surface area contributed by atoms with Crippen molar-refractivity contribution >= 4 is 16.8 Å². The Morgan fingerprint density at radius 1 is 0.886 bits per heavy atom. The topological polar surface area (TPSA) is 50.2 Å². The summed E-state index contributed by atoms with van der Waals surface area (Å²) in [5, 5.41) is 1.34. The molecule has 3 aliphatic heterocycles. The summed E-state index contributed by atoms with van der Waals surface area (Å²) in [6.07, 6.45) is 4.17. The number of hydrogen-bond acceptors (Lipinski definition) is 5. The summed E-state index contributed by atoms with van der Waals surface area (Å²) in [7, 11) is 2.12. The third-order valence-electron chi connectivity index (χ3n) is 7.84. The number of benzene rings is 2. The van der Waals surface area contributed by atoms with E-state index in [0.717, 1.165) is 76.7 Å². The minimum absolute atomic E-state index is 0.166. The molecule has 2 fully saturated rings. The van der Waals surface area contributed by atoms with Crippen LogP contribution in [0.25, 0.3) is 10.9 Å². The molecular formula is C28H34N4O3. The van der Waals surface area contributed by atoms with Gasteiger partial charge in [0.2, 0.25) is 12.7 Å². The summed E-state index contributed by atoms with van der Waals surface area (Å²) >= 11 is 0. The Morgan fingerprint density at radius 3 is 2.46 bits per heavy atom. The zero-order valence-electron chi connectivity index (χ0n) is 20.5. The van der Waals surface area contributed by atoms with Crippen LogP contribution in [0.2, 0.25) is 0 Å². The third kappa shape index (κ3) is 4.62. The van der Waals surface area contributed by atoms with Gasteiger partial charge in [-0.2, -0.15) is 0 Å². The molecule has 0 unspecified atom stereocenters. The van der Waals surface area contributed by atoms with Crippen LogP contribution in [0, 0.1) is 5.92 Å². The highest BCUT2D eigenvalue weighted by Gasteiger charge is 2.30. The molecule has 7 heteroatoms. The second-order valence-corrected chi connectivity index (χ2v) is 10.1. The van der Waals surface area contributed by atoms with Gasteiger partial charge >= 0.3 is 0 Å². The van der Waals surface area contributed by atoms with Gasteiger partial charge < -0.3 is 18.9 Å². The molecule has 2 aromatic carbocycles. The van der Waals surface area contributed by atoms with Gasteiger partial charge in [0.15, 0.2) is 11.5 Å². The van der Waals surface area contributed by atoms with E-state index < -0.39 is 0 Å². The fourth-order valence-electron chi connectivity index (χ4n) is 5.81. The number of fused-ring (bicyclic) bond motifs is 2. The Morgan fingerprint density at radius 2 is 1.63 bits per heavy atom. The summed E-state index contributed by atoms with van der Waals surface area (Å²) < 4.78 is 13.1. The zero-order chi connectivity index (χ0) is 23.8. The van der Waals surface area contributed by atoms with E-state index in [0.29, 0.717) is 12.7 Å². The number of aromatic nitrogens is 1. The van der Waals surface area contributed by atoms with Crippen molar-refractivity contribution in [1.29, 1.82) is 0 Å². The van der Waals surface area contributed by atoms with Crippen molar-refractivity contribution in [3.63, 3.8) is 0 Å². The van der Waals surface area contributed by atoms with Crippen molar-refractivity contribution in [1.82, 2.24) is 19.3 Å². The standard InChI is InChI=1S/C28H34N4O3/c1-29-18-23(24-4-2-3-5-25(24)29)19-30-10-8-22(9-11-30)28(33)32-14-12-31(13-15-32)17-21-6-7-26-27(16-21)35-20-34-26/h2-7,16,18,22H,8-15,17,19-20H2,1H3. The largest absolute Gasteiger partial charge is 0.454 e. The van der Waals surface area contributed by atoms with Gasteiger partial charge in [-0.05, 0) is 55.3 Å². The van der Waals surface area contributed by atoms with Crippen LogP contribution < -0.4 is 9.47 Å². The van der Waals surface area contributed by atoms with Gasteiger partial charge in [-0.3, -0.25) is 14.6 Å². The molecule has 4 heterocycles. The molecule has 184 valence electrons. The van der Waals surface area contributed by atoms with Crippen LogP contribution in [-0.4, -0.2) is 71.2 Å². The summed E-state index contributed by atoms with van der Waals surface area (Å²) in [6, 6.07) is 14.8. The average Bonchev–Trinajstić information content (AvgIpc) is 3.49. The van der Waals surface area contributed by atoms with E-state index >= 15 is 0 Å². The first-order valence-corrected chi connectivity index (χ1v) is 12.8. The molecule has 3 aliphatic rings. The van der Waals surface area contributed by atoms with Crippen LogP contribution in [-0.2, 0) is 24.9 Å². The quantitative estimate of drug-likeness (QED) is 0.567.